The first-order valence-corrected chi connectivity index (χ1v) is 15.1. The molecule has 0 bridgehead atoms. The smallest absolute Gasteiger partial charge is 0.332 e. The maximum Gasteiger partial charge on any atom is 0.400 e. The molecule has 1 aromatic heterocycles. The van der Waals surface area contributed by atoms with Crippen molar-refractivity contribution < 1.29 is 18.0 Å². The molecule has 4 nitrogen and oxygen atoms in total. The first-order chi connectivity index (χ1) is 20.9. The number of fused-ring (bicyclic) bond motifs is 3. The molecule has 0 fully saturated rings. The first kappa shape index (κ1) is 30.3. The van der Waals surface area contributed by atoms with E-state index in [4.69, 9.17) is 4.98 Å². The highest BCUT2D eigenvalue weighted by Gasteiger charge is 2.42. The summed E-state index contributed by atoms with van der Waals surface area (Å²) >= 11 is 1.75. The second kappa shape index (κ2) is 13.4. The summed E-state index contributed by atoms with van der Waals surface area (Å²) < 4.78 is 32.0. The standard InChI is InChI=1S/C33H28N2OS.C2H4F3N/c36-23-33(28-19-9-7-17-26(28)27-18-8-10-20-29(27)33)21-11-12-22-37-32-34-30(24-13-3-1-4-14-24)31(35-32)25-15-5-2-6-16-25;3-2(4,5)1-6/h1-10,13-20,23H,11-12,21-22H2,(H,34,35);1,6H2. The number of hydrogen-bond donors (Lipinski definition) is 2. The van der Waals surface area contributed by atoms with Gasteiger partial charge in [-0.3, -0.25) is 0 Å². The monoisotopic (exact) mass is 599 g/mol. The summed E-state index contributed by atoms with van der Waals surface area (Å²) in [7, 11) is 0. The van der Waals surface area contributed by atoms with Crippen LogP contribution in [0.4, 0.5) is 13.2 Å². The van der Waals surface area contributed by atoms with Crippen molar-refractivity contribution in [2.24, 2.45) is 5.73 Å². The topological polar surface area (TPSA) is 71.8 Å². The summed E-state index contributed by atoms with van der Waals surface area (Å²) in [5.74, 6) is 0.939. The number of aromatic nitrogens is 2. The Morgan fingerprint density at radius 1 is 0.767 bits per heavy atom. The second-order valence-corrected chi connectivity index (χ2v) is 11.4. The Bertz CT molecular complexity index is 1550. The van der Waals surface area contributed by atoms with E-state index in [-0.39, 0.29) is 0 Å². The molecule has 1 aliphatic carbocycles. The van der Waals surface area contributed by atoms with Crippen LogP contribution < -0.4 is 5.73 Å². The zero-order valence-electron chi connectivity index (χ0n) is 23.5. The predicted octanol–water partition coefficient (Wildman–Crippen LogP) is 8.68. The molecule has 5 aromatic rings. The quantitative estimate of drug-likeness (QED) is 0.101. The lowest BCUT2D eigenvalue weighted by molar-refractivity contribution is -0.118. The molecule has 0 saturated carbocycles. The van der Waals surface area contributed by atoms with Gasteiger partial charge in [0.05, 0.1) is 23.3 Å². The number of rotatable bonds is 9. The number of benzene rings is 4. The van der Waals surface area contributed by atoms with E-state index in [0.29, 0.717) is 0 Å². The van der Waals surface area contributed by atoms with E-state index in [1.54, 1.807) is 11.8 Å². The Labute approximate surface area is 253 Å². The summed E-state index contributed by atoms with van der Waals surface area (Å²) in [5.41, 5.74) is 12.6. The Morgan fingerprint density at radius 2 is 1.28 bits per heavy atom. The summed E-state index contributed by atoms with van der Waals surface area (Å²) in [6, 6.07) is 37.4. The number of carbonyl (C=O) groups is 1. The van der Waals surface area contributed by atoms with E-state index in [1.165, 1.54) is 17.4 Å². The van der Waals surface area contributed by atoms with Gasteiger partial charge in [-0.15, -0.1) is 0 Å². The van der Waals surface area contributed by atoms with Crippen molar-refractivity contribution in [1.82, 2.24) is 9.97 Å². The van der Waals surface area contributed by atoms with Gasteiger partial charge in [0.2, 0.25) is 0 Å². The number of nitrogens with zero attached hydrogens (tertiary/aromatic N) is 1. The fourth-order valence-electron chi connectivity index (χ4n) is 5.53. The van der Waals surface area contributed by atoms with Gasteiger partial charge >= 0.3 is 6.18 Å². The minimum absolute atomic E-state index is 0.552. The van der Waals surface area contributed by atoms with Crippen molar-refractivity contribution >= 4 is 18.0 Å². The highest BCUT2D eigenvalue weighted by atomic mass is 32.2. The van der Waals surface area contributed by atoms with Gasteiger partial charge in [0.25, 0.3) is 0 Å². The van der Waals surface area contributed by atoms with Gasteiger partial charge < -0.3 is 15.5 Å². The molecule has 0 atom stereocenters. The van der Waals surface area contributed by atoms with Crippen molar-refractivity contribution in [3.8, 4) is 33.6 Å². The van der Waals surface area contributed by atoms with E-state index in [0.717, 1.165) is 63.8 Å². The largest absolute Gasteiger partial charge is 0.400 e. The van der Waals surface area contributed by atoms with Gasteiger partial charge in [0.15, 0.2) is 5.16 Å². The molecule has 0 saturated heterocycles. The third-order valence-corrected chi connectivity index (χ3v) is 8.49. The molecule has 0 unspecified atom stereocenters. The molecule has 1 heterocycles. The number of nitrogens with one attached hydrogen (secondary N) is 1. The van der Waals surface area contributed by atoms with Crippen LogP contribution in [0.3, 0.4) is 0 Å². The average molecular weight is 600 g/mol. The maximum absolute atomic E-state index is 12.6. The van der Waals surface area contributed by atoms with E-state index in [9.17, 15) is 18.0 Å². The van der Waals surface area contributed by atoms with Gasteiger partial charge in [-0.25, -0.2) is 4.98 Å². The zero-order chi connectivity index (χ0) is 30.3. The molecule has 0 amide bonds. The molecular weight excluding hydrogens is 567 g/mol. The van der Waals surface area contributed by atoms with Gasteiger partial charge in [-0.2, -0.15) is 13.2 Å². The van der Waals surface area contributed by atoms with Crippen molar-refractivity contribution in [1.29, 1.82) is 0 Å². The molecule has 1 aliphatic rings. The number of alkyl halides is 3. The number of hydrogen-bond acceptors (Lipinski definition) is 4. The highest BCUT2D eigenvalue weighted by molar-refractivity contribution is 7.99. The molecule has 43 heavy (non-hydrogen) atoms. The Hall–Kier alpha value is -4.14. The predicted molar refractivity (Wildman–Crippen MR) is 168 cm³/mol. The number of unbranched alkanes of at least 4 members (excludes halogenated alkanes) is 1. The number of imidazole rings is 1. The van der Waals surface area contributed by atoms with E-state index >= 15 is 0 Å². The van der Waals surface area contributed by atoms with Gasteiger partial charge in [0.1, 0.15) is 6.29 Å². The number of thioether (sulfide) groups is 1. The molecule has 0 spiro atoms. The number of aromatic amines is 1. The summed E-state index contributed by atoms with van der Waals surface area (Å²) in [6.45, 7) is -1.23. The van der Waals surface area contributed by atoms with E-state index < -0.39 is 18.1 Å². The highest BCUT2D eigenvalue weighted by Crippen LogP contribution is 2.50. The molecule has 0 radical (unpaired) electrons. The number of halogens is 3. The van der Waals surface area contributed by atoms with Crippen LogP contribution in [0, 0.1) is 0 Å². The Kier molecular flexibility index (Phi) is 9.48. The van der Waals surface area contributed by atoms with Crippen LogP contribution in [0.15, 0.2) is 114 Å². The molecule has 220 valence electrons. The summed E-state index contributed by atoms with van der Waals surface area (Å²) in [5, 5.41) is 0.930. The van der Waals surface area contributed by atoms with Gasteiger partial charge in [0, 0.05) is 16.9 Å². The molecule has 0 aliphatic heterocycles. The molecule has 3 N–H and O–H groups in total. The van der Waals surface area contributed by atoms with Gasteiger partial charge in [-0.05, 0) is 35.1 Å². The number of H-pyrrole nitrogens is 1. The van der Waals surface area contributed by atoms with Crippen LogP contribution in [-0.4, -0.2) is 34.7 Å². The van der Waals surface area contributed by atoms with Crippen molar-refractivity contribution in [3.05, 3.63) is 120 Å². The Balaban J connectivity index is 0.000000559. The third-order valence-electron chi connectivity index (χ3n) is 7.53. The van der Waals surface area contributed by atoms with Crippen molar-refractivity contribution in [2.45, 2.75) is 36.0 Å². The average Bonchev–Trinajstić information content (AvgIpc) is 3.60. The SMILES string of the molecule is NCC(F)(F)F.O=CC1(CCCCSc2nc(-c3ccccc3)c(-c3ccccc3)[nH]2)c2ccccc2-c2ccccc21. The summed E-state index contributed by atoms with van der Waals surface area (Å²) in [6.07, 6.45) is -0.220. The van der Waals surface area contributed by atoms with Crippen LogP contribution in [0.25, 0.3) is 33.6 Å². The number of carbonyl (C=O) groups excluding carboxylic acids is 1. The lowest BCUT2D eigenvalue weighted by Crippen LogP contribution is -2.27. The van der Waals surface area contributed by atoms with E-state index in [2.05, 4.69) is 83.5 Å². The third kappa shape index (κ3) is 6.76. The van der Waals surface area contributed by atoms with Crippen LogP contribution in [0.1, 0.15) is 30.4 Å². The molecular formula is C35H32F3N3OS. The lowest BCUT2D eigenvalue weighted by Gasteiger charge is -2.25. The first-order valence-electron chi connectivity index (χ1n) is 14.1. The van der Waals surface area contributed by atoms with Crippen LogP contribution in [0.2, 0.25) is 0 Å². The molecule has 6 rings (SSSR count). The minimum atomic E-state index is -4.18. The summed E-state index contributed by atoms with van der Waals surface area (Å²) in [4.78, 5) is 21.2. The zero-order valence-corrected chi connectivity index (χ0v) is 24.3. The van der Waals surface area contributed by atoms with Crippen LogP contribution in [0.5, 0.6) is 0 Å². The van der Waals surface area contributed by atoms with Crippen molar-refractivity contribution in [2.75, 3.05) is 12.3 Å². The van der Waals surface area contributed by atoms with Crippen molar-refractivity contribution in [3.63, 3.8) is 0 Å². The Morgan fingerprint density at radius 3 is 1.81 bits per heavy atom. The molecule has 8 heteroatoms. The molecule has 4 aromatic carbocycles. The van der Waals surface area contributed by atoms with E-state index in [1.807, 2.05) is 36.4 Å². The maximum atomic E-state index is 12.6. The fraction of sp³-hybridized carbons (Fsp3) is 0.200. The second-order valence-electron chi connectivity index (χ2n) is 10.3. The number of nitrogens with two attached hydrogens (primary N) is 1. The minimum Gasteiger partial charge on any atom is -0.332 e. The normalized spacial score (nSPS) is 13.0. The van der Waals surface area contributed by atoms with Crippen LogP contribution >= 0.6 is 11.8 Å². The van der Waals surface area contributed by atoms with Gasteiger partial charge in [-0.1, -0.05) is 127 Å². The van der Waals surface area contributed by atoms with Crippen LogP contribution in [-0.2, 0) is 10.2 Å². The number of aldehydes is 1. The fourth-order valence-corrected chi connectivity index (χ4v) is 6.40. The lowest BCUT2D eigenvalue weighted by atomic mass is 9.75.